The van der Waals surface area contributed by atoms with Gasteiger partial charge in [-0.2, -0.15) is 4.98 Å². The van der Waals surface area contributed by atoms with Gasteiger partial charge >= 0.3 is 0 Å². The molecule has 6 nitrogen and oxygen atoms in total. The van der Waals surface area contributed by atoms with E-state index >= 15 is 0 Å². The van der Waals surface area contributed by atoms with Gasteiger partial charge in [-0.3, -0.25) is 9.59 Å². The first-order valence-electron chi connectivity index (χ1n) is 13.4. The number of nitrogens with one attached hydrogen (secondary N) is 1. The second kappa shape index (κ2) is 10.7. The van der Waals surface area contributed by atoms with Crippen molar-refractivity contribution in [1.82, 2.24) is 15.5 Å². The number of benzene rings is 3. The van der Waals surface area contributed by atoms with E-state index in [0.717, 1.165) is 24.8 Å². The van der Waals surface area contributed by atoms with Crippen molar-refractivity contribution in [2.45, 2.75) is 64.8 Å². The van der Waals surface area contributed by atoms with E-state index in [9.17, 15) is 9.59 Å². The molecule has 0 aliphatic heterocycles. The minimum Gasteiger partial charge on any atom is -0.340 e. The Labute approximate surface area is 223 Å². The quantitative estimate of drug-likeness (QED) is 0.251. The van der Waals surface area contributed by atoms with Crippen LogP contribution in [-0.2, 0) is 11.2 Å². The highest BCUT2D eigenvalue weighted by molar-refractivity contribution is 6.01. The van der Waals surface area contributed by atoms with Crippen LogP contribution in [0.25, 0.3) is 34.0 Å². The van der Waals surface area contributed by atoms with Crippen molar-refractivity contribution >= 4 is 11.7 Å². The van der Waals surface area contributed by atoms with Crippen molar-refractivity contribution in [2.24, 2.45) is 0 Å². The fraction of sp³-hybridized carbons (Fsp3) is 0.312. The van der Waals surface area contributed by atoms with Gasteiger partial charge in [0, 0.05) is 23.1 Å². The Morgan fingerprint density at radius 2 is 1.74 bits per heavy atom. The topological polar surface area (TPSA) is 85.1 Å². The second-order valence-corrected chi connectivity index (χ2v) is 10.2. The van der Waals surface area contributed by atoms with Crippen LogP contribution in [0.1, 0.15) is 67.4 Å². The predicted octanol–water partition coefficient (Wildman–Crippen LogP) is 6.96. The van der Waals surface area contributed by atoms with Crippen LogP contribution < -0.4 is 5.32 Å². The van der Waals surface area contributed by atoms with Crippen LogP contribution in [0.15, 0.2) is 71.3 Å². The van der Waals surface area contributed by atoms with Crippen molar-refractivity contribution in [3.05, 3.63) is 83.4 Å². The number of nitrogens with zero attached hydrogens (tertiary/aromatic N) is 2. The molecule has 1 aromatic heterocycles. The number of aryl methyl sites for hydroxylation is 2. The van der Waals surface area contributed by atoms with Gasteiger partial charge in [0.1, 0.15) is 0 Å². The van der Waals surface area contributed by atoms with E-state index in [-0.39, 0.29) is 11.7 Å². The first-order valence-corrected chi connectivity index (χ1v) is 13.4. The van der Waals surface area contributed by atoms with Gasteiger partial charge in [0.25, 0.3) is 11.8 Å². The third-order valence-corrected chi connectivity index (χ3v) is 7.23. The third-order valence-electron chi connectivity index (χ3n) is 7.23. The van der Waals surface area contributed by atoms with Gasteiger partial charge in [-0.05, 0) is 79.1 Å². The summed E-state index contributed by atoms with van der Waals surface area (Å²) in [5, 5.41) is 7.17. The molecule has 1 aliphatic rings. The molecule has 1 saturated carbocycles. The molecule has 0 bridgehead atoms. The van der Waals surface area contributed by atoms with Crippen LogP contribution in [0, 0.1) is 6.92 Å². The van der Waals surface area contributed by atoms with E-state index in [2.05, 4.69) is 65.7 Å². The average Bonchev–Trinajstić information content (AvgIpc) is 3.54. The molecule has 1 heterocycles. The Morgan fingerprint density at radius 1 is 0.921 bits per heavy atom. The maximum absolute atomic E-state index is 13.0. The summed E-state index contributed by atoms with van der Waals surface area (Å²) in [6.45, 7) is 6.28. The van der Waals surface area contributed by atoms with E-state index in [0.29, 0.717) is 42.1 Å². The molecule has 38 heavy (non-hydrogen) atoms. The van der Waals surface area contributed by atoms with Crippen LogP contribution in [-0.4, -0.2) is 27.4 Å². The van der Waals surface area contributed by atoms with Gasteiger partial charge in [-0.15, -0.1) is 0 Å². The molecule has 194 valence electrons. The molecule has 1 N–H and O–H groups in total. The summed E-state index contributed by atoms with van der Waals surface area (Å²) in [7, 11) is 0. The van der Waals surface area contributed by atoms with E-state index in [1.54, 1.807) is 18.2 Å². The maximum Gasteiger partial charge on any atom is 0.258 e. The lowest BCUT2D eigenvalue weighted by Gasteiger charge is -2.16. The summed E-state index contributed by atoms with van der Waals surface area (Å²) in [4.78, 5) is 30.1. The van der Waals surface area contributed by atoms with Crippen LogP contribution in [0.4, 0.5) is 0 Å². The second-order valence-electron chi connectivity index (χ2n) is 10.2. The Bertz CT molecular complexity index is 1480. The minimum atomic E-state index is -0.691. The van der Waals surface area contributed by atoms with Crippen molar-refractivity contribution in [3.63, 3.8) is 0 Å². The molecular formula is C32H33N3O3. The Morgan fingerprint density at radius 3 is 2.47 bits per heavy atom. The normalized spacial score (nSPS) is 13.8. The Balaban J connectivity index is 1.39. The molecule has 6 heteroatoms. The number of aromatic nitrogens is 2. The van der Waals surface area contributed by atoms with Gasteiger partial charge in [-0.25, -0.2) is 0 Å². The van der Waals surface area contributed by atoms with Gasteiger partial charge in [0.15, 0.2) is 5.78 Å². The number of amides is 1. The smallest absolute Gasteiger partial charge is 0.258 e. The van der Waals surface area contributed by atoms with E-state index in [4.69, 9.17) is 4.52 Å². The zero-order valence-electron chi connectivity index (χ0n) is 22.2. The SMILES string of the molecule is CCCC(=O)C1(NC(=O)c2cccc(-c3noc(-c4ccc(-c5ccccc5C)c(CCC)c4)n3)c2)CC1. The highest BCUT2D eigenvalue weighted by Gasteiger charge is 2.50. The summed E-state index contributed by atoms with van der Waals surface area (Å²) in [5.41, 5.74) is 6.26. The summed E-state index contributed by atoms with van der Waals surface area (Å²) >= 11 is 0. The van der Waals surface area contributed by atoms with E-state index < -0.39 is 5.54 Å². The monoisotopic (exact) mass is 507 g/mol. The number of Topliss-reactive ketones (excluding diaryl/α,β-unsaturated/α-hetero) is 1. The summed E-state index contributed by atoms with van der Waals surface area (Å²) < 4.78 is 5.65. The standard InChI is InChI=1S/C32H33N3O3/c1-4-9-22-19-25(15-16-27(22)26-14-7-6-11-21(26)3)31-33-29(35-38-31)23-12-8-13-24(20-23)30(37)34-32(17-18-32)28(36)10-5-2/h6-8,11-16,19-20H,4-5,9-10,17-18H2,1-3H3,(H,34,37). The molecule has 1 fully saturated rings. The molecule has 3 aromatic carbocycles. The first kappa shape index (κ1) is 25.6. The highest BCUT2D eigenvalue weighted by Crippen LogP contribution is 2.38. The summed E-state index contributed by atoms with van der Waals surface area (Å²) in [5.74, 6) is 0.709. The number of carbonyl (C=O) groups excluding carboxylic acids is 2. The highest BCUT2D eigenvalue weighted by atomic mass is 16.5. The number of hydrogen-bond donors (Lipinski definition) is 1. The molecular weight excluding hydrogens is 474 g/mol. The average molecular weight is 508 g/mol. The number of ketones is 1. The molecule has 1 amide bonds. The summed E-state index contributed by atoms with van der Waals surface area (Å²) in [6.07, 6.45) is 4.64. The van der Waals surface area contributed by atoms with Crippen LogP contribution in [0.2, 0.25) is 0 Å². The maximum atomic E-state index is 13.0. The van der Waals surface area contributed by atoms with Crippen LogP contribution >= 0.6 is 0 Å². The number of hydrogen-bond acceptors (Lipinski definition) is 5. The molecule has 0 unspecified atom stereocenters. The zero-order chi connectivity index (χ0) is 26.7. The first-order chi connectivity index (χ1) is 18.4. The minimum absolute atomic E-state index is 0.114. The summed E-state index contributed by atoms with van der Waals surface area (Å²) in [6, 6.07) is 21.8. The molecule has 0 radical (unpaired) electrons. The predicted molar refractivity (Wildman–Crippen MR) is 149 cm³/mol. The Hall–Kier alpha value is -4.06. The van der Waals surface area contributed by atoms with Gasteiger partial charge in [0.05, 0.1) is 5.54 Å². The lowest BCUT2D eigenvalue weighted by atomic mass is 9.92. The molecule has 0 atom stereocenters. The molecule has 4 aromatic rings. The van der Waals surface area contributed by atoms with Crippen LogP contribution in [0.5, 0.6) is 0 Å². The van der Waals surface area contributed by atoms with Gasteiger partial charge in [0.2, 0.25) is 5.82 Å². The third kappa shape index (κ3) is 5.17. The van der Waals surface area contributed by atoms with Crippen molar-refractivity contribution in [3.8, 4) is 34.0 Å². The van der Waals surface area contributed by atoms with Crippen molar-refractivity contribution < 1.29 is 14.1 Å². The number of carbonyl (C=O) groups is 2. The molecule has 1 aliphatic carbocycles. The molecule has 0 saturated heterocycles. The molecule has 0 spiro atoms. The van der Waals surface area contributed by atoms with Crippen LogP contribution in [0.3, 0.4) is 0 Å². The van der Waals surface area contributed by atoms with Gasteiger partial charge < -0.3 is 9.84 Å². The lowest BCUT2D eigenvalue weighted by molar-refractivity contribution is -0.121. The fourth-order valence-corrected chi connectivity index (χ4v) is 4.95. The fourth-order valence-electron chi connectivity index (χ4n) is 4.95. The largest absolute Gasteiger partial charge is 0.340 e. The van der Waals surface area contributed by atoms with E-state index in [1.165, 1.54) is 22.3 Å². The van der Waals surface area contributed by atoms with Crippen molar-refractivity contribution in [1.29, 1.82) is 0 Å². The number of rotatable bonds is 10. The lowest BCUT2D eigenvalue weighted by Crippen LogP contribution is -2.43. The Kier molecular flexibility index (Phi) is 7.23. The van der Waals surface area contributed by atoms with E-state index in [1.807, 2.05) is 19.1 Å². The van der Waals surface area contributed by atoms with Crippen molar-refractivity contribution in [2.75, 3.05) is 0 Å². The zero-order valence-corrected chi connectivity index (χ0v) is 22.2. The van der Waals surface area contributed by atoms with Gasteiger partial charge in [-0.1, -0.05) is 67.9 Å². The molecule has 5 rings (SSSR count).